The van der Waals surface area contributed by atoms with Crippen LogP contribution in [0.5, 0.6) is 11.5 Å². The third-order valence-electron chi connectivity index (χ3n) is 3.85. The van der Waals surface area contributed by atoms with Crippen LogP contribution in [0, 0.1) is 11.3 Å². The molecule has 0 saturated heterocycles. The first-order valence-electron chi connectivity index (χ1n) is 8.78. The molecule has 0 aliphatic rings. The van der Waals surface area contributed by atoms with Crippen LogP contribution < -0.4 is 14.8 Å². The van der Waals surface area contributed by atoms with Gasteiger partial charge in [-0.3, -0.25) is 4.79 Å². The van der Waals surface area contributed by atoms with Crippen LogP contribution in [-0.4, -0.2) is 25.7 Å². The van der Waals surface area contributed by atoms with Crippen LogP contribution in [0.4, 0.5) is 0 Å². The lowest BCUT2D eigenvalue weighted by atomic mass is 10.1. The van der Waals surface area contributed by atoms with Crippen LogP contribution in [0.25, 0.3) is 0 Å². The Balaban J connectivity index is 1.65. The number of hydrogen-bond donors (Lipinski definition) is 1. The monoisotopic (exact) mass is 352 g/mol. The van der Waals surface area contributed by atoms with E-state index in [2.05, 4.69) is 24.4 Å². The van der Waals surface area contributed by atoms with E-state index in [0.717, 1.165) is 23.5 Å². The minimum atomic E-state index is -0.239. The maximum atomic E-state index is 11.2. The smallest absolute Gasteiger partial charge is 0.234 e. The molecule has 2 aromatic carbocycles. The number of carbonyl (C=O) groups excluding carboxylic acids is 1. The molecule has 0 atom stereocenters. The van der Waals surface area contributed by atoms with Crippen LogP contribution in [0.2, 0.25) is 0 Å². The van der Waals surface area contributed by atoms with Gasteiger partial charge in [-0.15, -0.1) is 0 Å². The summed E-state index contributed by atoms with van der Waals surface area (Å²) in [5, 5.41) is 11.1. The Morgan fingerprint density at radius 1 is 0.962 bits per heavy atom. The number of rotatable bonds is 10. The summed E-state index contributed by atoms with van der Waals surface area (Å²) >= 11 is 0. The highest BCUT2D eigenvalue weighted by molar-refractivity contribution is 5.77. The van der Waals surface area contributed by atoms with Gasteiger partial charge in [0.15, 0.2) is 0 Å². The van der Waals surface area contributed by atoms with E-state index in [1.807, 2.05) is 42.5 Å². The fraction of sp³-hybridized carbons (Fsp3) is 0.333. The molecule has 1 N–H and O–H groups in total. The molecule has 0 spiro atoms. The van der Waals surface area contributed by atoms with Gasteiger partial charge < -0.3 is 14.8 Å². The number of nitriles is 1. The van der Waals surface area contributed by atoms with Crippen molar-refractivity contribution in [3.63, 3.8) is 0 Å². The average Bonchev–Trinajstić information content (AvgIpc) is 2.67. The van der Waals surface area contributed by atoms with Crippen LogP contribution in [0.3, 0.4) is 0 Å². The second-order valence-electron chi connectivity index (χ2n) is 5.77. The Morgan fingerprint density at radius 3 is 2.00 bits per heavy atom. The first-order valence-corrected chi connectivity index (χ1v) is 8.78. The number of carbonyl (C=O) groups is 1. The third-order valence-corrected chi connectivity index (χ3v) is 3.85. The maximum absolute atomic E-state index is 11.2. The predicted molar refractivity (Wildman–Crippen MR) is 100 cm³/mol. The highest BCUT2D eigenvalue weighted by Gasteiger charge is 2.00. The number of nitrogens with one attached hydrogen (secondary N) is 1. The summed E-state index contributed by atoms with van der Waals surface area (Å²) in [6.07, 6.45) is 1.64. The highest BCUT2D eigenvalue weighted by atomic mass is 16.5. The molecule has 0 aliphatic heterocycles. The molecule has 2 rings (SSSR count). The summed E-state index contributed by atoms with van der Waals surface area (Å²) in [6, 6.07) is 17.7. The van der Waals surface area contributed by atoms with Crippen molar-refractivity contribution in [2.75, 3.05) is 19.8 Å². The van der Waals surface area contributed by atoms with E-state index in [-0.39, 0.29) is 12.3 Å². The van der Waals surface area contributed by atoms with Crippen molar-refractivity contribution in [2.24, 2.45) is 0 Å². The number of benzene rings is 2. The largest absolute Gasteiger partial charge is 0.490 e. The summed E-state index contributed by atoms with van der Waals surface area (Å²) in [7, 11) is 0. The third kappa shape index (κ3) is 6.86. The molecule has 0 aromatic heterocycles. The van der Waals surface area contributed by atoms with Crippen molar-refractivity contribution in [1.29, 1.82) is 5.26 Å². The zero-order valence-electron chi connectivity index (χ0n) is 15.0. The molecule has 136 valence electrons. The number of hydrogen-bond acceptors (Lipinski definition) is 4. The van der Waals surface area contributed by atoms with Crippen LogP contribution in [0.15, 0.2) is 48.5 Å². The maximum Gasteiger partial charge on any atom is 0.234 e. The SMILES string of the molecule is CCc1ccc(OCCOc2ccc(CCNC(=O)CC#N)cc2)cc1. The second-order valence-corrected chi connectivity index (χ2v) is 5.77. The molecule has 2 aromatic rings. The summed E-state index contributed by atoms with van der Waals surface area (Å²) in [5.74, 6) is 1.39. The zero-order chi connectivity index (χ0) is 18.6. The van der Waals surface area contributed by atoms with E-state index < -0.39 is 0 Å². The number of amides is 1. The van der Waals surface area contributed by atoms with E-state index in [1.54, 1.807) is 0 Å². The second kappa shape index (κ2) is 10.8. The van der Waals surface area contributed by atoms with Gasteiger partial charge in [-0.1, -0.05) is 31.2 Å². The van der Waals surface area contributed by atoms with Gasteiger partial charge in [0.25, 0.3) is 0 Å². The Hall–Kier alpha value is -3.00. The number of ether oxygens (including phenoxy) is 2. The zero-order valence-corrected chi connectivity index (χ0v) is 15.0. The van der Waals surface area contributed by atoms with Gasteiger partial charge in [0.05, 0.1) is 6.07 Å². The molecule has 0 fully saturated rings. The minimum Gasteiger partial charge on any atom is -0.490 e. The minimum absolute atomic E-state index is 0.0996. The lowest BCUT2D eigenvalue weighted by Crippen LogP contribution is -2.24. The fourth-order valence-corrected chi connectivity index (χ4v) is 2.37. The first kappa shape index (κ1) is 19.3. The molecule has 26 heavy (non-hydrogen) atoms. The number of nitrogens with zero attached hydrogens (tertiary/aromatic N) is 1. The van der Waals surface area contributed by atoms with Crippen LogP contribution in [0.1, 0.15) is 24.5 Å². The average molecular weight is 352 g/mol. The molecule has 0 radical (unpaired) electrons. The molecule has 5 heteroatoms. The van der Waals surface area contributed by atoms with Gasteiger partial charge in [-0.2, -0.15) is 5.26 Å². The lowest BCUT2D eigenvalue weighted by molar-refractivity contribution is -0.120. The van der Waals surface area contributed by atoms with Gasteiger partial charge in [0, 0.05) is 6.54 Å². The Morgan fingerprint density at radius 2 is 1.50 bits per heavy atom. The Bertz CT molecular complexity index is 718. The van der Waals surface area contributed by atoms with Crippen molar-refractivity contribution in [3.8, 4) is 17.6 Å². The first-order chi connectivity index (χ1) is 12.7. The van der Waals surface area contributed by atoms with E-state index >= 15 is 0 Å². The summed E-state index contributed by atoms with van der Waals surface area (Å²) in [5.41, 5.74) is 2.39. The molecule has 5 nitrogen and oxygen atoms in total. The highest BCUT2D eigenvalue weighted by Crippen LogP contribution is 2.14. The van der Waals surface area contributed by atoms with Gasteiger partial charge in [-0.25, -0.2) is 0 Å². The Kier molecular flexibility index (Phi) is 8.01. The molecule has 1 amide bonds. The molecule has 0 aliphatic carbocycles. The Labute approximate surface area is 154 Å². The van der Waals surface area contributed by atoms with Crippen LogP contribution in [-0.2, 0) is 17.6 Å². The van der Waals surface area contributed by atoms with Crippen molar-refractivity contribution >= 4 is 5.91 Å². The van der Waals surface area contributed by atoms with Gasteiger partial charge >= 0.3 is 0 Å². The summed E-state index contributed by atoms with van der Waals surface area (Å²) in [6.45, 7) is 3.60. The molecule has 0 heterocycles. The quantitative estimate of drug-likeness (QED) is 0.666. The van der Waals surface area contributed by atoms with Gasteiger partial charge in [0.2, 0.25) is 5.91 Å². The standard InChI is InChI=1S/C21H24N2O3/c1-2-17-3-7-19(8-4-17)25-15-16-26-20-9-5-18(6-10-20)12-14-23-21(24)11-13-22/h3-10H,2,11-12,14-16H2,1H3,(H,23,24). The molecule has 0 saturated carbocycles. The normalized spacial score (nSPS) is 10.0. The van der Waals surface area contributed by atoms with E-state index in [0.29, 0.717) is 26.2 Å². The van der Waals surface area contributed by atoms with Gasteiger partial charge in [0.1, 0.15) is 31.1 Å². The van der Waals surface area contributed by atoms with E-state index in [1.165, 1.54) is 5.56 Å². The van der Waals surface area contributed by atoms with Crippen molar-refractivity contribution < 1.29 is 14.3 Å². The van der Waals surface area contributed by atoms with Crippen molar-refractivity contribution in [3.05, 3.63) is 59.7 Å². The topological polar surface area (TPSA) is 71.3 Å². The predicted octanol–water partition coefficient (Wildman–Crippen LogP) is 3.28. The summed E-state index contributed by atoms with van der Waals surface area (Å²) in [4.78, 5) is 11.2. The van der Waals surface area contributed by atoms with Crippen molar-refractivity contribution in [1.82, 2.24) is 5.32 Å². The van der Waals surface area contributed by atoms with E-state index in [9.17, 15) is 4.79 Å². The summed E-state index contributed by atoms with van der Waals surface area (Å²) < 4.78 is 11.3. The van der Waals surface area contributed by atoms with Gasteiger partial charge in [-0.05, 0) is 48.2 Å². The molecular weight excluding hydrogens is 328 g/mol. The van der Waals surface area contributed by atoms with Crippen molar-refractivity contribution in [2.45, 2.75) is 26.2 Å². The van der Waals surface area contributed by atoms with E-state index in [4.69, 9.17) is 14.7 Å². The molecule has 0 bridgehead atoms. The molecular formula is C21H24N2O3. The lowest BCUT2D eigenvalue weighted by Gasteiger charge is -2.09. The molecule has 0 unspecified atom stereocenters. The van der Waals surface area contributed by atoms with Crippen LogP contribution >= 0.6 is 0 Å². The number of aryl methyl sites for hydroxylation is 1. The fourth-order valence-electron chi connectivity index (χ4n) is 2.37.